The fourth-order valence-electron chi connectivity index (χ4n) is 1.20. The van der Waals surface area contributed by atoms with Gasteiger partial charge in [-0.1, -0.05) is 24.4 Å². The standard InChI is InChI=1S/C10H14N2S2/c1-12(10(11)14)6-5-8-3-2-4-9(13)7-8/h2-3,7H,4-6H2,1H3,(H2,11,14). The van der Waals surface area contributed by atoms with Crippen molar-refractivity contribution in [3.8, 4) is 0 Å². The van der Waals surface area contributed by atoms with E-state index in [9.17, 15) is 0 Å². The molecule has 0 atom stereocenters. The van der Waals surface area contributed by atoms with Crippen LogP contribution < -0.4 is 5.73 Å². The monoisotopic (exact) mass is 226 g/mol. The van der Waals surface area contributed by atoms with Crippen LogP contribution in [0.15, 0.2) is 23.8 Å². The molecule has 0 aromatic heterocycles. The van der Waals surface area contributed by atoms with Gasteiger partial charge >= 0.3 is 0 Å². The summed E-state index contributed by atoms with van der Waals surface area (Å²) in [7, 11) is 1.90. The summed E-state index contributed by atoms with van der Waals surface area (Å²) in [4.78, 5) is 2.86. The van der Waals surface area contributed by atoms with E-state index in [1.807, 2.05) is 11.9 Å². The first-order chi connectivity index (χ1) is 6.59. The van der Waals surface area contributed by atoms with Crippen molar-refractivity contribution < 1.29 is 0 Å². The maximum Gasteiger partial charge on any atom is 0.166 e. The lowest BCUT2D eigenvalue weighted by Crippen LogP contribution is -2.32. The van der Waals surface area contributed by atoms with Crippen molar-refractivity contribution >= 4 is 34.4 Å². The molecule has 0 bridgehead atoms. The number of hydrogen-bond acceptors (Lipinski definition) is 2. The molecule has 0 radical (unpaired) electrons. The fraction of sp³-hybridized carbons (Fsp3) is 0.400. The molecule has 0 aliphatic heterocycles. The first kappa shape index (κ1) is 11.3. The maximum atomic E-state index is 5.47. The molecule has 1 aliphatic carbocycles. The van der Waals surface area contributed by atoms with E-state index in [1.54, 1.807) is 0 Å². The topological polar surface area (TPSA) is 29.3 Å². The van der Waals surface area contributed by atoms with Crippen LogP contribution in [0.2, 0.25) is 0 Å². The smallest absolute Gasteiger partial charge is 0.166 e. The molecular weight excluding hydrogens is 212 g/mol. The Morgan fingerprint density at radius 1 is 1.64 bits per heavy atom. The van der Waals surface area contributed by atoms with Crippen molar-refractivity contribution in [3.63, 3.8) is 0 Å². The quantitative estimate of drug-likeness (QED) is 0.743. The highest BCUT2D eigenvalue weighted by Gasteiger charge is 2.04. The number of nitrogens with zero attached hydrogens (tertiary/aromatic N) is 1. The number of allylic oxidation sites excluding steroid dienone is 3. The highest BCUT2D eigenvalue weighted by molar-refractivity contribution is 7.80. The highest BCUT2D eigenvalue weighted by Crippen LogP contribution is 2.12. The largest absolute Gasteiger partial charge is 0.376 e. The SMILES string of the molecule is CN(CCC1=CC(=S)CC=C1)C(N)=S. The molecule has 2 N–H and O–H groups in total. The van der Waals surface area contributed by atoms with Gasteiger partial charge in [0.25, 0.3) is 0 Å². The maximum absolute atomic E-state index is 5.47. The number of rotatable bonds is 3. The summed E-state index contributed by atoms with van der Waals surface area (Å²) in [6.07, 6.45) is 8.10. The predicted molar refractivity (Wildman–Crippen MR) is 68.5 cm³/mol. The number of nitrogens with two attached hydrogens (primary N) is 1. The Balaban J connectivity index is 2.42. The third kappa shape index (κ3) is 3.55. The van der Waals surface area contributed by atoms with Crippen LogP contribution in [-0.2, 0) is 0 Å². The van der Waals surface area contributed by atoms with Crippen LogP contribution in [0.25, 0.3) is 0 Å². The second-order valence-corrected chi connectivity index (χ2v) is 4.24. The third-order valence-corrected chi connectivity index (χ3v) is 2.71. The summed E-state index contributed by atoms with van der Waals surface area (Å²) in [5.41, 5.74) is 6.73. The Kier molecular flexibility index (Phi) is 4.22. The summed E-state index contributed by atoms with van der Waals surface area (Å²) in [6.45, 7) is 0.841. The molecule has 0 unspecified atom stereocenters. The van der Waals surface area contributed by atoms with Crippen LogP contribution in [-0.4, -0.2) is 28.5 Å². The molecule has 0 aromatic carbocycles. The van der Waals surface area contributed by atoms with Crippen LogP contribution in [0.3, 0.4) is 0 Å². The lowest BCUT2D eigenvalue weighted by atomic mass is 10.0. The second-order valence-electron chi connectivity index (χ2n) is 3.30. The van der Waals surface area contributed by atoms with Gasteiger partial charge in [0.2, 0.25) is 0 Å². The molecule has 0 amide bonds. The molecule has 0 saturated heterocycles. The molecule has 4 heteroatoms. The average molecular weight is 226 g/mol. The molecule has 0 fully saturated rings. The number of hydrogen-bond donors (Lipinski definition) is 1. The van der Waals surface area contributed by atoms with Gasteiger partial charge in [-0.05, 0) is 30.3 Å². The molecule has 0 saturated carbocycles. The normalized spacial score (nSPS) is 15.2. The molecular formula is C10H14N2S2. The lowest BCUT2D eigenvalue weighted by Gasteiger charge is -2.17. The molecule has 2 nitrogen and oxygen atoms in total. The van der Waals surface area contributed by atoms with Gasteiger partial charge in [-0.25, -0.2) is 0 Å². The summed E-state index contributed by atoms with van der Waals surface area (Å²) >= 11 is 9.97. The number of thiocarbonyl (C=S) groups is 2. The summed E-state index contributed by atoms with van der Waals surface area (Å²) in [5.74, 6) is 0. The van der Waals surface area contributed by atoms with E-state index in [4.69, 9.17) is 30.2 Å². The molecule has 14 heavy (non-hydrogen) atoms. The lowest BCUT2D eigenvalue weighted by molar-refractivity contribution is 0.513. The molecule has 0 spiro atoms. The van der Waals surface area contributed by atoms with Gasteiger partial charge in [-0.15, -0.1) is 0 Å². The molecule has 1 rings (SSSR count). The third-order valence-electron chi connectivity index (χ3n) is 2.11. The first-order valence-corrected chi connectivity index (χ1v) is 5.32. The molecule has 0 heterocycles. The molecule has 76 valence electrons. The van der Waals surface area contributed by atoms with E-state index in [-0.39, 0.29) is 0 Å². The van der Waals surface area contributed by atoms with E-state index >= 15 is 0 Å². The van der Waals surface area contributed by atoms with Crippen molar-refractivity contribution in [2.24, 2.45) is 5.73 Å². The van der Waals surface area contributed by atoms with Gasteiger partial charge in [-0.3, -0.25) is 0 Å². The Bertz CT molecular complexity index is 305. The van der Waals surface area contributed by atoms with Crippen molar-refractivity contribution in [2.75, 3.05) is 13.6 Å². The van der Waals surface area contributed by atoms with Gasteiger partial charge in [-0.2, -0.15) is 0 Å². The first-order valence-electron chi connectivity index (χ1n) is 4.50. The average Bonchev–Trinajstić information content (AvgIpc) is 2.14. The molecule has 1 aliphatic rings. The minimum Gasteiger partial charge on any atom is -0.376 e. The zero-order valence-corrected chi connectivity index (χ0v) is 9.83. The minimum absolute atomic E-state index is 0.438. The Labute approximate surface area is 95.5 Å². The zero-order valence-electron chi connectivity index (χ0n) is 8.19. The Morgan fingerprint density at radius 2 is 2.36 bits per heavy atom. The Hall–Kier alpha value is -0.740. The van der Waals surface area contributed by atoms with Crippen molar-refractivity contribution in [2.45, 2.75) is 12.8 Å². The van der Waals surface area contributed by atoms with Gasteiger partial charge < -0.3 is 10.6 Å². The van der Waals surface area contributed by atoms with Crippen LogP contribution in [0.5, 0.6) is 0 Å². The van der Waals surface area contributed by atoms with E-state index in [1.165, 1.54) is 5.57 Å². The van der Waals surface area contributed by atoms with E-state index < -0.39 is 0 Å². The Morgan fingerprint density at radius 3 is 2.93 bits per heavy atom. The molecule has 0 aromatic rings. The van der Waals surface area contributed by atoms with Crippen LogP contribution in [0.4, 0.5) is 0 Å². The second kappa shape index (κ2) is 5.22. The fourth-order valence-corrected chi connectivity index (χ4v) is 1.54. The highest BCUT2D eigenvalue weighted by atomic mass is 32.1. The van der Waals surface area contributed by atoms with Gasteiger partial charge in [0.15, 0.2) is 5.11 Å². The van der Waals surface area contributed by atoms with Gasteiger partial charge in [0.05, 0.1) is 0 Å². The van der Waals surface area contributed by atoms with E-state index in [0.29, 0.717) is 5.11 Å². The zero-order chi connectivity index (χ0) is 10.6. The van der Waals surface area contributed by atoms with Gasteiger partial charge in [0, 0.05) is 24.9 Å². The van der Waals surface area contributed by atoms with Crippen LogP contribution in [0.1, 0.15) is 12.8 Å². The minimum atomic E-state index is 0.438. The summed E-state index contributed by atoms with van der Waals surface area (Å²) in [5, 5.41) is 0.438. The van der Waals surface area contributed by atoms with Crippen molar-refractivity contribution in [3.05, 3.63) is 23.8 Å². The van der Waals surface area contributed by atoms with E-state index in [2.05, 4.69) is 18.2 Å². The van der Waals surface area contributed by atoms with Crippen LogP contribution >= 0.6 is 24.4 Å². The van der Waals surface area contributed by atoms with Crippen molar-refractivity contribution in [1.29, 1.82) is 0 Å². The summed E-state index contributed by atoms with van der Waals surface area (Å²) in [6, 6.07) is 0. The van der Waals surface area contributed by atoms with E-state index in [0.717, 1.165) is 24.3 Å². The predicted octanol–water partition coefficient (Wildman–Crippen LogP) is 1.81. The summed E-state index contributed by atoms with van der Waals surface area (Å²) < 4.78 is 0. The van der Waals surface area contributed by atoms with Crippen molar-refractivity contribution in [1.82, 2.24) is 4.90 Å². The van der Waals surface area contributed by atoms with Crippen LogP contribution in [0, 0.1) is 0 Å². The van der Waals surface area contributed by atoms with Gasteiger partial charge in [0.1, 0.15) is 0 Å².